The Bertz CT molecular complexity index is 354. The summed E-state index contributed by atoms with van der Waals surface area (Å²) in [5, 5.41) is 0.698. The molecular weight excluding hydrogens is 246 g/mol. The van der Waals surface area contributed by atoms with Crippen LogP contribution < -0.4 is 10.5 Å². The van der Waals surface area contributed by atoms with Gasteiger partial charge in [0.2, 0.25) is 0 Å². The van der Waals surface area contributed by atoms with E-state index in [1.54, 1.807) is 0 Å². The van der Waals surface area contributed by atoms with E-state index >= 15 is 0 Å². The lowest BCUT2D eigenvalue weighted by atomic mass is 10.0. The fraction of sp³-hybridized carbons (Fsp3) is 0.600. The zero-order valence-electron chi connectivity index (χ0n) is 11.4. The SMILES string of the molecule is CCCCC(CC)COc1cc(Cl)ccc1CN. The van der Waals surface area contributed by atoms with Gasteiger partial charge < -0.3 is 10.5 Å². The van der Waals surface area contributed by atoms with Crippen molar-refractivity contribution in [3.63, 3.8) is 0 Å². The number of unbranched alkanes of at least 4 members (excludes halogenated alkanes) is 1. The summed E-state index contributed by atoms with van der Waals surface area (Å²) in [5.74, 6) is 1.45. The van der Waals surface area contributed by atoms with Gasteiger partial charge in [-0.3, -0.25) is 0 Å². The van der Waals surface area contributed by atoms with Crippen molar-refractivity contribution in [3.05, 3.63) is 28.8 Å². The maximum absolute atomic E-state index is 5.99. The van der Waals surface area contributed by atoms with Crippen molar-refractivity contribution in [1.82, 2.24) is 0 Å². The van der Waals surface area contributed by atoms with E-state index in [1.807, 2.05) is 18.2 Å². The van der Waals surface area contributed by atoms with Gasteiger partial charge in [0.15, 0.2) is 0 Å². The Labute approximate surface area is 115 Å². The Morgan fingerprint density at radius 3 is 2.72 bits per heavy atom. The van der Waals surface area contributed by atoms with Crippen molar-refractivity contribution in [1.29, 1.82) is 0 Å². The lowest BCUT2D eigenvalue weighted by molar-refractivity contribution is 0.231. The first kappa shape index (κ1) is 15.3. The average molecular weight is 270 g/mol. The van der Waals surface area contributed by atoms with E-state index in [0.29, 0.717) is 17.5 Å². The first-order chi connectivity index (χ1) is 8.71. The molecule has 18 heavy (non-hydrogen) atoms. The molecule has 2 N–H and O–H groups in total. The van der Waals surface area contributed by atoms with Crippen molar-refractivity contribution in [3.8, 4) is 5.75 Å². The highest BCUT2D eigenvalue weighted by Gasteiger charge is 2.09. The molecule has 1 aromatic carbocycles. The molecule has 102 valence electrons. The summed E-state index contributed by atoms with van der Waals surface area (Å²) in [6.07, 6.45) is 4.88. The zero-order valence-corrected chi connectivity index (χ0v) is 12.2. The van der Waals surface area contributed by atoms with Gasteiger partial charge in [-0.1, -0.05) is 50.8 Å². The Kier molecular flexibility index (Phi) is 7.14. The highest BCUT2D eigenvalue weighted by molar-refractivity contribution is 6.30. The number of hydrogen-bond donors (Lipinski definition) is 1. The van der Waals surface area contributed by atoms with E-state index in [4.69, 9.17) is 22.1 Å². The van der Waals surface area contributed by atoms with E-state index in [-0.39, 0.29) is 0 Å². The molecule has 0 aromatic heterocycles. The number of nitrogens with two attached hydrogens (primary N) is 1. The number of ether oxygens (including phenoxy) is 1. The topological polar surface area (TPSA) is 35.2 Å². The molecule has 1 atom stereocenters. The first-order valence-electron chi connectivity index (χ1n) is 6.82. The van der Waals surface area contributed by atoms with E-state index < -0.39 is 0 Å². The molecule has 0 spiro atoms. The molecule has 1 unspecified atom stereocenters. The predicted octanol–water partition coefficient (Wildman–Crippen LogP) is 4.39. The van der Waals surface area contributed by atoms with Crippen LogP contribution in [0.3, 0.4) is 0 Å². The summed E-state index contributed by atoms with van der Waals surface area (Å²) in [7, 11) is 0. The van der Waals surface area contributed by atoms with Crippen molar-refractivity contribution in [2.24, 2.45) is 11.7 Å². The zero-order chi connectivity index (χ0) is 13.4. The molecule has 0 saturated carbocycles. The molecule has 0 fully saturated rings. The van der Waals surface area contributed by atoms with Gasteiger partial charge in [-0.05, 0) is 24.5 Å². The lowest BCUT2D eigenvalue weighted by Gasteiger charge is -2.17. The molecule has 1 rings (SSSR count). The van der Waals surface area contributed by atoms with Gasteiger partial charge in [0, 0.05) is 17.1 Å². The molecule has 0 radical (unpaired) electrons. The van der Waals surface area contributed by atoms with Crippen LogP contribution in [-0.4, -0.2) is 6.61 Å². The van der Waals surface area contributed by atoms with Crippen molar-refractivity contribution in [2.75, 3.05) is 6.61 Å². The number of rotatable bonds is 8. The van der Waals surface area contributed by atoms with E-state index in [9.17, 15) is 0 Å². The van der Waals surface area contributed by atoms with Crippen LogP contribution in [0.25, 0.3) is 0 Å². The highest BCUT2D eigenvalue weighted by atomic mass is 35.5. The summed E-state index contributed by atoms with van der Waals surface area (Å²) in [6, 6.07) is 5.64. The van der Waals surface area contributed by atoms with E-state index in [1.165, 1.54) is 19.3 Å². The van der Waals surface area contributed by atoms with Crippen LogP contribution >= 0.6 is 11.6 Å². The second kappa shape index (κ2) is 8.39. The van der Waals surface area contributed by atoms with Gasteiger partial charge in [-0.25, -0.2) is 0 Å². The summed E-state index contributed by atoms with van der Waals surface area (Å²) in [5.41, 5.74) is 6.71. The number of benzene rings is 1. The third-order valence-electron chi connectivity index (χ3n) is 3.27. The maximum Gasteiger partial charge on any atom is 0.125 e. The molecule has 0 saturated heterocycles. The van der Waals surface area contributed by atoms with Gasteiger partial charge in [0.05, 0.1) is 6.61 Å². The van der Waals surface area contributed by atoms with Crippen LogP contribution in [0.15, 0.2) is 18.2 Å². The summed E-state index contributed by atoms with van der Waals surface area (Å²) in [4.78, 5) is 0. The fourth-order valence-electron chi connectivity index (χ4n) is 1.94. The molecule has 0 amide bonds. The normalized spacial score (nSPS) is 12.4. The molecule has 1 aromatic rings. The van der Waals surface area contributed by atoms with Crippen LogP contribution in [0, 0.1) is 5.92 Å². The largest absolute Gasteiger partial charge is 0.493 e. The second-order valence-corrected chi connectivity index (χ2v) is 5.12. The summed E-state index contributed by atoms with van der Waals surface area (Å²) in [6.45, 7) is 5.67. The summed E-state index contributed by atoms with van der Waals surface area (Å²) < 4.78 is 5.89. The Balaban J connectivity index is 2.57. The third-order valence-corrected chi connectivity index (χ3v) is 3.50. The van der Waals surface area contributed by atoms with Crippen molar-refractivity contribution >= 4 is 11.6 Å². The Hall–Kier alpha value is -0.730. The number of hydrogen-bond acceptors (Lipinski definition) is 2. The van der Waals surface area contributed by atoms with Crippen LogP contribution in [0.2, 0.25) is 5.02 Å². The van der Waals surface area contributed by atoms with Crippen LogP contribution in [0.4, 0.5) is 0 Å². The van der Waals surface area contributed by atoms with Gasteiger partial charge >= 0.3 is 0 Å². The Morgan fingerprint density at radius 2 is 2.11 bits per heavy atom. The van der Waals surface area contributed by atoms with E-state index in [2.05, 4.69) is 13.8 Å². The predicted molar refractivity (Wildman–Crippen MR) is 78.1 cm³/mol. The monoisotopic (exact) mass is 269 g/mol. The lowest BCUT2D eigenvalue weighted by Crippen LogP contribution is -2.12. The highest BCUT2D eigenvalue weighted by Crippen LogP contribution is 2.24. The quantitative estimate of drug-likeness (QED) is 0.759. The van der Waals surface area contributed by atoms with E-state index in [0.717, 1.165) is 24.3 Å². The third kappa shape index (κ3) is 4.87. The maximum atomic E-state index is 5.99. The molecule has 3 heteroatoms. The Morgan fingerprint density at radius 1 is 1.33 bits per heavy atom. The molecule has 0 aliphatic heterocycles. The smallest absolute Gasteiger partial charge is 0.125 e. The molecule has 0 aliphatic carbocycles. The second-order valence-electron chi connectivity index (χ2n) is 4.68. The first-order valence-corrected chi connectivity index (χ1v) is 7.20. The molecule has 0 bridgehead atoms. The standard InChI is InChI=1S/C15H24ClNO/c1-3-5-6-12(4-2)11-18-15-9-14(16)8-7-13(15)10-17/h7-9,12H,3-6,10-11,17H2,1-2H3. The number of halogens is 1. The van der Waals surface area contributed by atoms with Crippen molar-refractivity contribution < 1.29 is 4.74 Å². The summed E-state index contributed by atoms with van der Waals surface area (Å²) >= 11 is 5.99. The van der Waals surface area contributed by atoms with Gasteiger partial charge in [0.25, 0.3) is 0 Å². The van der Waals surface area contributed by atoms with Gasteiger partial charge in [-0.15, -0.1) is 0 Å². The fourth-order valence-corrected chi connectivity index (χ4v) is 2.10. The molecule has 0 heterocycles. The molecular formula is C15H24ClNO. The van der Waals surface area contributed by atoms with Crippen LogP contribution in [-0.2, 0) is 6.54 Å². The van der Waals surface area contributed by atoms with Crippen LogP contribution in [0.1, 0.15) is 45.1 Å². The molecule has 2 nitrogen and oxygen atoms in total. The minimum absolute atomic E-state index is 0.484. The van der Waals surface area contributed by atoms with Gasteiger partial charge in [-0.2, -0.15) is 0 Å². The van der Waals surface area contributed by atoms with Crippen LogP contribution in [0.5, 0.6) is 5.75 Å². The molecule has 0 aliphatic rings. The van der Waals surface area contributed by atoms with Crippen molar-refractivity contribution in [2.45, 2.75) is 46.1 Å². The average Bonchev–Trinajstić information content (AvgIpc) is 2.39. The van der Waals surface area contributed by atoms with Gasteiger partial charge in [0.1, 0.15) is 5.75 Å². The minimum Gasteiger partial charge on any atom is -0.493 e. The minimum atomic E-state index is 0.484.